The third-order valence-electron chi connectivity index (χ3n) is 4.63. The molecule has 0 aliphatic carbocycles. The highest BCUT2D eigenvalue weighted by Crippen LogP contribution is 2.09. The van der Waals surface area contributed by atoms with Crippen molar-refractivity contribution in [3.8, 4) is 0 Å². The molecule has 10 nitrogen and oxygen atoms in total. The summed E-state index contributed by atoms with van der Waals surface area (Å²) in [4.78, 5) is 48.3. The van der Waals surface area contributed by atoms with Crippen LogP contribution in [0.15, 0.2) is 0 Å². The Morgan fingerprint density at radius 2 is 1.72 bits per heavy atom. The summed E-state index contributed by atoms with van der Waals surface area (Å²) in [6.45, 7) is 8.23. The minimum atomic E-state index is -1.14. The van der Waals surface area contributed by atoms with E-state index < -0.39 is 24.1 Å². The second-order valence-corrected chi connectivity index (χ2v) is 7.98. The molecule has 166 valence electrons. The topological polar surface area (TPSA) is 149 Å². The van der Waals surface area contributed by atoms with Gasteiger partial charge in [-0.25, -0.2) is 4.79 Å². The largest absolute Gasteiger partial charge is 0.465 e. The van der Waals surface area contributed by atoms with E-state index >= 15 is 0 Å². The molecule has 0 aromatic rings. The number of nitrogens with one attached hydrogen (secondary N) is 5. The Morgan fingerprint density at radius 1 is 1.03 bits per heavy atom. The molecule has 1 saturated heterocycles. The van der Waals surface area contributed by atoms with Gasteiger partial charge in [-0.3, -0.25) is 14.4 Å². The van der Waals surface area contributed by atoms with E-state index in [0.29, 0.717) is 6.42 Å². The smallest absolute Gasteiger partial charge is 0.404 e. The van der Waals surface area contributed by atoms with Crippen LogP contribution in [0.5, 0.6) is 0 Å². The average Bonchev–Trinajstić information content (AvgIpc) is 3.15. The summed E-state index contributed by atoms with van der Waals surface area (Å²) >= 11 is 0. The fraction of sp³-hybridized carbons (Fsp3) is 0.789. The summed E-state index contributed by atoms with van der Waals surface area (Å²) in [7, 11) is 0. The molecular formula is C19H35N5O5. The van der Waals surface area contributed by atoms with Gasteiger partial charge in [0.2, 0.25) is 17.7 Å². The number of carbonyl (C=O) groups excluding carboxylic acids is 3. The molecule has 29 heavy (non-hydrogen) atoms. The third-order valence-corrected chi connectivity index (χ3v) is 4.63. The summed E-state index contributed by atoms with van der Waals surface area (Å²) in [6, 6.07) is -1.99. The number of rotatable bonds is 11. The fourth-order valence-corrected chi connectivity index (χ4v) is 3.11. The minimum Gasteiger partial charge on any atom is -0.465 e. The Bertz CT molecular complexity index is 575. The van der Waals surface area contributed by atoms with Crippen molar-refractivity contribution in [3.63, 3.8) is 0 Å². The number of carboxylic acid groups (broad SMARTS) is 1. The molecule has 3 unspecified atom stereocenters. The summed E-state index contributed by atoms with van der Waals surface area (Å²) < 4.78 is 0. The van der Waals surface area contributed by atoms with Gasteiger partial charge in [-0.15, -0.1) is 0 Å². The second-order valence-electron chi connectivity index (χ2n) is 7.98. The molecule has 1 fully saturated rings. The van der Waals surface area contributed by atoms with Crippen molar-refractivity contribution in [1.29, 1.82) is 0 Å². The first kappa shape index (κ1) is 24.7. The molecule has 0 aromatic carbocycles. The van der Waals surface area contributed by atoms with Crippen LogP contribution in [0.1, 0.15) is 53.4 Å². The van der Waals surface area contributed by atoms with Crippen molar-refractivity contribution in [3.05, 3.63) is 0 Å². The zero-order valence-electron chi connectivity index (χ0n) is 17.7. The van der Waals surface area contributed by atoms with E-state index in [1.54, 1.807) is 0 Å². The molecule has 0 spiro atoms. The third kappa shape index (κ3) is 9.12. The van der Waals surface area contributed by atoms with Gasteiger partial charge in [-0.1, -0.05) is 13.8 Å². The van der Waals surface area contributed by atoms with Crippen LogP contribution < -0.4 is 26.6 Å². The molecule has 1 aliphatic heterocycles. The van der Waals surface area contributed by atoms with Gasteiger partial charge >= 0.3 is 6.09 Å². The minimum absolute atomic E-state index is 0.104. The van der Waals surface area contributed by atoms with Crippen molar-refractivity contribution < 1.29 is 24.3 Å². The predicted molar refractivity (Wildman–Crippen MR) is 108 cm³/mol. The van der Waals surface area contributed by atoms with Crippen LogP contribution in [-0.2, 0) is 14.4 Å². The lowest BCUT2D eigenvalue weighted by atomic mass is 10.0. The zero-order chi connectivity index (χ0) is 22.0. The second kappa shape index (κ2) is 12.3. The molecule has 10 heteroatoms. The van der Waals surface area contributed by atoms with Crippen LogP contribution in [0, 0.1) is 5.92 Å². The van der Waals surface area contributed by atoms with Crippen molar-refractivity contribution >= 4 is 23.8 Å². The monoisotopic (exact) mass is 413 g/mol. The summed E-state index contributed by atoms with van der Waals surface area (Å²) in [5.74, 6) is -1.15. The Kier molecular flexibility index (Phi) is 10.4. The van der Waals surface area contributed by atoms with Crippen molar-refractivity contribution in [2.45, 2.75) is 77.5 Å². The van der Waals surface area contributed by atoms with Gasteiger partial charge in [0.05, 0.1) is 6.04 Å². The van der Waals surface area contributed by atoms with Gasteiger partial charge in [0.15, 0.2) is 0 Å². The predicted octanol–water partition coefficient (Wildman–Crippen LogP) is -0.0636. The highest BCUT2D eigenvalue weighted by atomic mass is 16.4. The van der Waals surface area contributed by atoms with Gasteiger partial charge in [0.25, 0.3) is 0 Å². The molecule has 4 amide bonds. The van der Waals surface area contributed by atoms with Gasteiger partial charge in [0, 0.05) is 12.6 Å². The Hall–Kier alpha value is -2.36. The fourth-order valence-electron chi connectivity index (χ4n) is 3.11. The van der Waals surface area contributed by atoms with E-state index in [4.69, 9.17) is 5.11 Å². The van der Waals surface area contributed by atoms with Crippen LogP contribution in [0.2, 0.25) is 0 Å². The lowest BCUT2D eigenvalue weighted by Gasteiger charge is -2.26. The Morgan fingerprint density at radius 3 is 2.24 bits per heavy atom. The van der Waals surface area contributed by atoms with Crippen LogP contribution in [-0.4, -0.2) is 66.2 Å². The number of hydrogen-bond donors (Lipinski definition) is 6. The van der Waals surface area contributed by atoms with Gasteiger partial charge in [0.1, 0.15) is 12.1 Å². The first-order valence-electron chi connectivity index (χ1n) is 10.2. The Balaban J connectivity index is 2.74. The summed E-state index contributed by atoms with van der Waals surface area (Å²) in [6.07, 6.45) is 1.16. The summed E-state index contributed by atoms with van der Waals surface area (Å²) in [5, 5.41) is 22.3. The molecular weight excluding hydrogens is 378 g/mol. The molecule has 1 rings (SSSR count). The molecule has 1 heterocycles. The van der Waals surface area contributed by atoms with Crippen LogP contribution in [0.3, 0.4) is 0 Å². The summed E-state index contributed by atoms with van der Waals surface area (Å²) in [5.41, 5.74) is 0. The zero-order valence-corrected chi connectivity index (χ0v) is 17.7. The molecule has 0 bridgehead atoms. The van der Waals surface area contributed by atoms with Crippen LogP contribution in [0.25, 0.3) is 0 Å². The van der Waals surface area contributed by atoms with Gasteiger partial charge in [-0.2, -0.15) is 0 Å². The first-order valence-corrected chi connectivity index (χ1v) is 10.2. The lowest BCUT2D eigenvalue weighted by Crippen LogP contribution is -2.57. The van der Waals surface area contributed by atoms with E-state index in [-0.39, 0.29) is 42.8 Å². The van der Waals surface area contributed by atoms with Gasteiger partial charge < -0.3 is 31.7 Å². The molecule has 3 atom stereocenters. The van der Waals surface area contributed by atoms with Gasteiger partial charge in [-0.05, 0) is 52.0 Å². The van der Waals surface area contributed by atoms with E-state index in [1.807, 2.05) is 27.7 Å². The van der Waals surface area contributed by atoms with E-state index in [2.05, 4.69) is 26.6 Å². The molecule has 6 N–H and O–H groups in total. The Labute approximate surface area is 171 Å². The maximum absolute atomic E-state index is 12.8. The van der Waals surface area contributed by atoms with Crippen molar-refractivity contribution in [2.75, 3.05) is 13.1 Å². The SMILES string of the molecule is CC(C)NC(=O)C(CCCNC(=O)O)NC(=O)C(NC(=O)C1CCCN1)C(C)C. The molecule has 0 aromatic heterocycles. The molecule has 0 saturated carbocycles. The number of hydrogen-bond acceptors (Lipinski definition) is 5. The van der Waals surface area contributed by atoms with Crippen LogP contribution >= 0.6 is 0 Å². The maximum Gasteiger partial charge on any atom is 0.404 e. The van der Waals surface area contributed by atoms with E-state index in [9.17, 15) is 19.2 Å². The first-order chi connectivity index (χ1) is 13.6. The van der Waals surface area contributed by atoms with E-state index in [0.717, 1.165) is 19.4 Å². The quantitative estimate of drug-likeness (QED) is 0.261. The highest BCUT2D eigenvalue weighted by molar-refractivity contribution is 5.93. The maximum atomic E-state index is 12.8. The highest BCUT2D eigenvalue weighted by Gasteiger charge is 2.31. The van der Waals surface area contributed by atoms with Crippen LogP contribution in [0.4, 0.5) is 4.79 Å². The normalized spacial score (nSPS) is 18.2. The number of amides is 4. The standard InChI is InChI=1S/C19H35N5O5/c1-11(2)15(24-16(25)13-7-5-9-20-13)18(27)23-14(17(26)22-12(3)4)8-6-10-21-19(28)29/h11-15,20-21H,5-10H2,1-4H3,(H,22,26)(H,23,27)(H,24,25)(H,28,29). The average molecular weight is 414 g/mol. The van der Waals surface area contributed by atoms with Crippen molar-refractivity contribution in [2.24, 2.45) is 5.92 Å². The number of carbonyl (C=O) groups is 4. The molecule has 1 aliphatic rings. The van der Waals surface area contributed by atoms with Crippen molar-refractivity contribution in [1.82, 2.24) is 26.6 Å². The lowest BCUT2D eigenvalue weighted by molar-refractivity contribution is -0.133. The molecule has 0 radical (unpaired) electrons. The van der Waals surface area contributed by atoms with E-state index in [1.165, 1.54) is 0 Å².